The van der Waals surface area contributed by atoms with Crippen LogP contribution >= 0.6 is 0 Å². The number of para-hydroxylation sites is 2. The maximum Gasteiger partial charge on any atom is 0.267 e. The molecule has 8 nitrogen and oxygen atoms in total. The molecule has 0 N–H and O–H groups in total. The molecule has 2 saturated heterocycles. The van der Waals surface area contributed by atoms with Crippen LogP contribution in [0.5, 0.6) is 11.5 Å². The minimum absolute atomic E-state index is 0.116. The number of piperazine rings is 1. The zero-order valence-electron chi connectivity index (χ0n) is 17.9. The maximum absolute atomic E-state index is 13.0. The molecule has 3 amide bonds. The third kappa shape index (κ3) is 3.71. The molecule has 0 spiro atoms. The monoisotopic (exact) mass is 435 g/mol. The fourth-order valence-corrected chi connectivity index (χ4v) is 4.47. The van der Waals surface area contributed by atoms with Crippen molar-refractivity contribution in [1.29, 1.82) is 0 Å². The second-order valence-corrected chi connectivity index (χ2v) is 8.35. The van der Waals surface area contributed by atoms with Gasteiger partial charge in [-0.3, -0.25) is 19.3 Å². The standard InChI is InChI=1S/C24H25N3O5/c1-16-6-8-17(9-7-16)27-22(28)14-18(23(27)29)25-10-12-26(13-11-25)24(30)21-15-31-19-4-2-3-5-20(19)32-21/h2-9,18,21H,10-15H2,1H3/t18-,21-/m1/s1. The third-order valence-corrected chi connectivity index (χ3v) is 6.27. The molecule has 3 aliphatic heterocycles. The second kappa shape index (κ2) is 8.27. The average Bonchev–Trinajstić information content (AvgIpc) is 3.12. The number of hydrogen-bond donors (Lipinski definition) is 0. The van der Waals surface area contributed by atoms with E-state index >= 15 is 0 Å². The van der Waals surface area contributed by atoms with Crippen LogP contribution < -0.4 is 14.4 Å². The molecule has 0 aromatic heterocycles. The van der Waals surface area contributed by atoms with Gasteiger partial charge < -0.3 is 14.4 Å². The molecule has 2 aromatic rings. The number of amides is 3. The highest BCUT2D eigenvalue weighted by Gasteiger charge is 2.44. The molecule has 3 heterocycles. The van der Waals surface area contributed by atoms with E-state index in [0.717, 1.165) is 5.56 Å². The van der Waals surface area contributed by atoms with Crippen molar-refractivity contribution in [2.75, 3.05) is 37.7 Å². The van der Waals surface area contributed by atoms with Crippen LogP contribution in [0.25, 0.3) is 0 Å². The first kappa shape index (κ1) is 20.5. The number of nitrogens with zero attached hydrogens (tertiary/aromatic N) is 3. The van der Waals surface area contributed by atoms with Crippen LogP contribution in [0, 0.1) is 6.92 Å². The van der Waals surface area contributed by atoms with Crippen LogP contribution in [0.1, 0.15) is 12.0 Å². The average molecular weight is 435 g/mol. The topological polar surface area (TPSA) is 79.4 Å². The minimum Gasteiger partial charge on any atom is -0.485 e. The fourth-order valence-electron chi connectivity index (χ4n) is 4.47. The molecular weight excluding hydrogens is 410 g/mol. The van der Waals surface area contributed by atoms with Crippen molar-refractivity contribution in [2.45, 2.75) is 25.5 Å². The third-order valence-electron chi connectivity index (χ3n) is 6.27. The summed E-state index contributed by atoms with van der Waals surface area (Å²) in [6, 6.07) is 14.2. The van der Waals surface area contributed by atoms with E-state index in [-0.39, 0.29) is 30.7 Å². The Hall–Kier alpha value is -3.39. The summed E-state index contributed by atoms with van der Waals surface area (Å²) in [6.07, 6.45) is -0.514. The Bertz CT molecular complexity index is 1050. The van der Waals surface area contributed by atoms with Crippen LogP contribution in [0.2, 0.25) is 0 Å². The van der Waals surface area contributed by atoms with Crippen molar-refractivity contribution in [3.05, 3.63) is 54.1 Å². The number of carbonyl (C=O) groups is 3. The fraction of sp³-hybridized carbons (Fsp3) is 0.375. The Morgan fingerprint density at radius 3 is 2.34 bits per heavy atom. The minimum atomic E-state index is -0.678. The van der Waals surface area contributed by atoms with Gasteiger partial charge in [0.15, 0.2) is 11.5 Å². The molecule has 0 aliphatic carbocycles. The zero-order chi connectivity index (χ0) is 22.2. The Morgan fingerprint density at radius 2 is 1.62 bits per heavy atom. The molecule has 2 fully saturated rings. The van der Waals surface area contributed by atoms with E-state index in [1.807, 2.05) is 42.2 Å². The normalized spacial score (nSPS) is 23.5. The first-order chi connectivity index (χ1) is 15.5. The van der Waals surface area contributed by atoms with Crippen LogP contribution in [-0.4, -0.2) is 72.5 Å². The molecule has 166 valence electrons. The van der Waals surface area contributed by atoms with Gasteiger partial charge in [-0.2, -0.15) is 0 Å². The van der Waals surface area contributed by atoms with E-state index < -0.39 is 12.1 Å². The molecule has 3 aliphatic rings. The van der Waals surface area contributed by atoms with E-state index in [0.29, 0.717) is 43.4 Å². The van der Waals surface area contributed by atoms with Gasteiger partial charge in [0.2, 0.25) is 12.0 Å². The number of hydrogen-bond acceptors (Lipinski definition) is 6. The Kier molecular flexibility index (Phi) is 5.30. The van der Waals surface area contributed by atoms with Crippen molar-refractivity contribution >= 4 is 23.4 Å². The number of imide groups is 1. The quantitative estimate of drug-likeness (QED) is 0.682. The molecule has 0 bridgehead atoms. The smallest absolute Gasteiger partial charge is 0.267 e. The van der Waals surface area contributed by atoms with Gasteiger partial charge in [-0.05, 0) is 31.2 Å². The van der Waals surface area contributed by atoms with Crippen molar-refractivity contribution in [1.82, 2.24) is 9.80 Å². The van der Waals surface area contributed by atoms with Gasteiger partial charge in [0.25, 0.3) is 11.8 Å². The maximum atomic E-state index is 13.0. The van der Waals surface area contributed by atoms with E-state index in [2.05, 4.69) is 0 Å². The van der Waals surface area contributed by atoms with E-state index in [1.54, 1.807) is 23.1 Å². The lowest BCUT2D eigenvalue weighted by Crippen LogP contribution is -2.57. The molecule has 8 heteroatoms. The van der Waals surface area contributed by atoms with E-state index in [1.165, 1.54) is 4.90 Å². The molecular formula is C24H25N3O5. The molecule has 0 unspecified atom stereocenters. The van der Waals surface area contributed by atoms with Crippen molar-refractivity contribution in [3.63, 3.8) is 0 Å². The molecule has 2 aromatic carbocycles. The van der Waals surface area contributed by atoms with Crippen molar-refractivity contribution in [2.24, 2.45) is 0 Å². The van der Waals surface area contributed by atoms with Gasteiger partial charge in [-0.15, -0.1) is 0 Å². The van der Waals surface area contributed by atoms with Crippen LogP contribution in [-0.2, 0) is 14.4 Å². The zero-order valence-corrected chi connectivity index (χ0v) is 17.9. The Morgan fingerprint density at radius 1 is 0.938 bits per heavy atom. The SMILES string of the molecule is Cc1ccc(N2C(=O)C[C@@H](N3CCN(C(=O)[C@H]4COc5ccccc5O4)CC3)C2=O)cc1. The predicted molar refractivity (Wildman–Crippen MR) is 117 cm³/mol. The lowest BCUT2D eigenvalue weighted by Gasteiger charge is -2.38. The summed E-state index contributed by atoms with van der Waals surface area (Å²) in [4.78, 5) is 43.6. The highest BCUT2D eigenvalue weighted by atomic mass is 16.6. The van der Waals surface area contributed by atoms with Gasteiger partial charge in [-0.1, -0.05) is 29.8 Å². The molecule has 2 atom stereocenters. The van der Waals surface area contributed by atoms with Gasteiger partial charge in [-0.25, -0.2) is 4.90 Å². The van der Waals surface area contributed by atoms with Crippen LogP contribution in [0.15, 0.2) is 48.5 Å². The lowest BCUT2D eigenvalue weighted by atomic mass is 10.1. The van der Waals surface area contributed by atoms with Crippen molar-refractivity contribution < 1.29 is 23.9 Å². The summed E-state index contributed by atoms with van der Waals surface area (Å²) in [5.41, 5.74) is 1.68. The predicted octanol–water partition coefficient (Wildman–Crippen LogP) is 1.61. The lowest BCUT2D eigenvalue weighted by molar-refractivity contribution is -0.143. The number of anilines is 1. The number of aryl methyl sites for hydroxylation is 1. The number of carbonyl (C=O) groups excluding carboxylic acids is 3. The van der Waals surface area contributed by atoms with E-state index in [4.69, 9.17) is 9.47 Å². The number of fused-ring (bicyclic) bond motifs is 1. The number of benzene rings is 2. The summed E-state index contributed by atoms with van der Waals surface area (Å²) in [5.74, 6) is 0.716. The second-order valence-electron chi connectivity index (χ2n) is 8.35. The molecule has 5 rings (SSSR count). The molecule has 0 saturated carbocycles. The first-order valence-electron chi connectivity index (χ1n) is 10.9. The Labute approximate surface area is 186 Å². The largest absolute Gasteiger partial charge is 0.485 e. The molecule has 0 radical (unpaired) electrons. The summed E-state index contributed by atoms with van der Waals surface area (Å²) >= 11 is 0. The van der Waals surface area contributed by atoms with Gasteiger partial charge >= 0.3 is 0 Å². The van der Waals surface area contributed by atoms with Crippen molar-refractivity contribution in [3.8, 4) is 11.5 Å². The number of rotatable bonds is 3. The highest BCUT2D eigenvalue weighted by molar-refractivity contribution is 6.22. The Balaban J connectivity index is 1.20. The molecule has 32 heavy (non-hydrogen) atoms. The summed E-state index contributed by atoms with van der Waals surface area (Å²) in [5, 5.41) is 0. The van der Waals surface area contributed by atoms with Crippen LogP contribution in [0.4, 0.5) is 5.69 Å². The summed E-state index contributed by atoms with van der Waals surface area (Å²) < 4.78 is 11.5. The first-order valence-corrected chi connectivity index (χ1v) is 10.9. The summed E-state index contributed by atoms with van der Waals surface area (Å²) in [7, 11) is 0. The number of ether oxygens (including phenoxy) is 2. The summed E-state index contributed by atoms with van der Waals surface area (Å²) in [6.45, 7) is 4.15. The van der Waals surface area contributed by atoms with Gasteiger partial charge in [0, 0.05) is 26.2 Å². The van der Waals surface area contributed by atoms with Gasteiger partial charge in [0.1, 0.15) is 6.61 Å². The van der Waals surface area contributed by atoms with E-state index in [9.17, 15) is 14.4 Å². The van der Waals surface area contributed by atoms with Gasteiger partial charge in [0.05, 0.1) is 18.2 Å². The highest BCUT2D eigenvalue weighted by Crippen LogP contribution is 2.32. The van der Waals surface area contributed by atoms with Crippen LogP contribution in [0.3, 0.4) is 0 Å².